The molecule has 1 aromatic carbocycles. The predicted molar refractivity (Wildman–Crippen MR) is 98.9 cm³/mol. The molecule has 0 aliphatic carbocycles. The van der Waals surface area contributed by atoms with Crippen molar-refractivity contribution in [1.82, 2.24) is 9.80 Å². The van der Waals surface area contributed by atoms with Crippen LogP contribution in [-0.4, -0.2) is 72.9 Å². The molecule has 150 valence electrons. The number of fused-ring (bicyclic) bond motifs is 1. The van der Waals surface area contributed by atoms with Crippen LogP contribution < -0.4 is 0 Å². The van der Waals surface area contributed by atoms with Crippen LogP contribution in [0, 0.1) is 5.92 Å². The number of hydrogen-bond acceptors (Lipinski definition) is 6. The Morgan fingerprint density at radius 1 is 1.11 bits per heavy atom. The second kappa shape index (κ2) is 8.52. The molecule has 0 saturated carbocycles. The molecule has 28 heavy (non-hydrogen) atoms. The molecule has 3 rings (SSSR count). The van der Waals surface area contributed by atoms with E-state index in [1.165, 1.54) is 23.1 Å². The van der Waals surface area contributed by atoms with E-state index >= 15 is 0 Å². The molecule has 0 unspecified atom stereocenters. The molecule has 1 aromatic rings. The van der Waals surface area contributed by atoms with Gasteiger partial charge in [-0.05, 0) is 30.5 Å². The van der Waals surface area contributed by atoms with Crippen molar-refractivity contribution in [3.8, 4) is 0 Å². The topological polar surface area (TPSA) is 93.2 Å². The first kappa shape index (κ1) is 20.0. The third-order valence-electron chi connectivity index (χ3n) is 4.83. The second-order valence-electron chi connectivity index (χ2n) is 7.27. The minimum atomic E-state index is -0.703. The summed E-state index contributed by atoms with van der Waals surface area (Å²) in [5.41, 5.74) is 0.623. The van der Waals surface area contributed by atoms with Crippen LogP contribution in [-0.2, 0) is 14.3 Å². The highest BCUT2D eigenvalue weighted by molar-refractivity contribution is 6.21. The average Bonchev–Trinajstić information content (AvgIpc) is 2.94. The molecule has 2 aliphatic rings. The van der Waals surface area contributed by atoms with E-state index in [2.05, 4.69) is 0 Å². The largest absolute Gasteiger partial charge is 0.452 e. The van der Waals surface area contributed by atoms with E-state index in [-0.39, 0.29) is 35.1 Å². The van der Waals surface area contributed by atoms with E-state index in [1.807, 2.05) is 13.8 Å². The Balaban J connectivity index is 1.64. The summed E-state index contributed by atoms with van der Waals surface area (Å²) in [5.74, 6) is -1.38. The van der Waals surface area contributed by atoms with Crippen molar-refractivity contribution in [2.75, 3.05) is 39.5 Å². The summed E-state index contributed by atoms with van der Waals surface area (Å²) >= 11 is 0. The Morgan fingerprint density at radius 3 is 2.46 bits per heavy atom. The van der Waals surface area contributed by atoms with Crippen LogP contribution in [0.5, 0.6) is 0 Å². The summed E-state index contributed by atoms with van der Waals surface area (Å²) in [7, 11) is 0. The van der Waals surface area contributed by atoms with Crippen LogP contribution in [0.25, 0.3) is 0 Å². The maximum Gasteiger partial charge on any atom is 0.338 e. The lowest BCUT2D eigenvalue weighted by atomic mass is 10.1. The van der Waals surface area contributed by atoms with Gasteiger partial charge in [-0.3, -0.25) is 19.3 Å². The summed E-state index contributed by atoms with van der Waals surface area (Å²) < 4.78 is 10.3. The van der Waals surface area contributed by atoms with Gasteiger partial charge in [-0.25, -0.2) is 4.79 Å². The number of rotatable bonds is 6. The summed E-state index contributed by atoms with van der Waals surface area (Å²) in [4.78, 5) is 52.1. The van der Waals surface area contributed by atoms with Gasteiger partial charge in [0.15, 0.2) is 6.61 Å². The molecule has 0 aromatic heterocycles. The van der Waals surface area contributed by atoms with E-state index in [9.17, 15) is 19.2 Å². The molecule has 2 heterocycles. The van der Waals surface area contributed by atoms with Crippen molar-refractivity contribution in [2.45, 2.75) is 20.3 Å². The number of ether oxygens (including phenoxy) is 2. The van der Waals surface area contributed by atoms with Crippen molar-refractivity contribution in [3.05, 3.63) is 34.9 Å². The van der Waals surface area contributed by atoms with Gasteiger partial charge in [-0.1, -0.05) is 13.8 Å². The number of nitrogens with zero attached hydrogens (tertiary/aromatic N) is 2. The normalized spacial score (nSPS) is 16.5. The minimum Gasteiger partial charge on any atom is -0.452 e. The number of imide groups is 1. The Hall–Kier alpha value is -2.74. The van der Waals surface area contributed by atoms with Crippen LogP contribution in [0.2, 0.25) is 0 Å². The number of carbonyl (C=O) groups excluding carboxylic acids is 4. The van der Waals surface area contributed by atoms with E-state index in [0.29, 0.717) is 45.2 Å². The summed E-state index contributed by atoms with van der Waals surface area (Å²) in [6.45, 7) is 5.88. The van der Waals surface area contributed by atoms with Gasteiger partial charge in [0.1, 0.15) is 0 Å². The van der Waals surface area contributed by atoms with Crippen LogP contribution in [0.4, 0.5) is 0 Å². The van der Waals surface area contributed by atoms with Gasteiger partial charge in [-0.15, -0.1) is 0 Å². The molecule has 0 atom stereocenters. The zero-order chi connectivity index (χ0) is 20.3. The molecule has 0 spiro atoms. The number of benzene rings is 1. The van der Waals surface area contributed by atoms with E-state index in [4.69, 9.17) is 9.47 Å². The zero-order valence-electron chi connectivity index (χ0n) is 16.1. The average molecular weight is 388 g/mol. The summed E-state index contributed by atoms with van der Waals surface area (Å²) in [6, 6.07) is 4.27. The molecular formula is C20H24N2O6. The van der Waals surface area contributed by atoms with Crippen molar-refractivity contribution < 1.29 is 28.7 Å². The molecule has 8 heteroatoms. The fourth-order valence-corrected chi connectivity index (χ4v) is 3.12. The molecule has 3 amide bonds. The lowest BCUT2D eigenvalue weighted by molar-refractivity contribution is -0.138. The molecule has 0 radical (unpaired) electrons. The van der Waals surface area contributed by atoms with Gasteiger partial charge >= 0.3 is 5.97 Å². The van der Waals surface area contributed by atoms with Gasteiger partial charge in [0.05, 0.1) is 29.9 Å². The van der Waals surface area contributed by atoms with E-state index in [0.717, 1.165) is 0 Å². The Kier molecular flexibility index (Phi) is 6.08. The van der Waals surface area contributed by atoms with Gasteiger partial charge < -0.3 is 14.4 Å². The molecule has 8 nitrogen and oxygen atoms in total. The Labute approximate surface area is 163 Å². The fraction of sp³-hybridized carbons (Fsp3) is 0.500. The monoisotopic (exact) mass is 388 g/mol. The van der Waals surface area contributed by atoms with Crippen molar-refractivity contribution in [1.29, 1.82) is 0 Å². The Morgan fingerprint density at radius 2 is 1.79 bits per heavy atom. The summed E-state index contributed by atoms with van der Waals surface area (Å²) in [5, 5.41) is 0. The first-order valence-corrected chi connectivity index (χ1v) is 9.41. The summed E-state index contributed by atoms with van der Waals surface area (Å²) in [6.07, 6.45) is 0.712. The highest BCUT2D eigenvalue weighted by atomic mass is 16.5. The smallest absolute Gasteiger partial charge is 0.338 e. The highest BCUT2D eigenvalue weighted by Crippen LogP contribution is 2.25. The second-order valence-corrected chi connectivity index (χ2v) is 7.27. The first-order valence-electron chi connectivity index (χ1n) is 9.41. The van der Waals surface area contributed by atoms with Crippen LogP contribution in [0.1, 0.15) is 51.3 Å². The molecular weight excluding hydrogens is 364 g/mol. The number of carbonyl (C=O) groups is 4. The number of morpholine rings is 1. The van der Waals surface area contributed by atoms with Crippen molar-refractivity contribution in [3.63, 3.8) is 0 Å². The zero-order valence-corrected chi connectivity index (χ0v) is 16.1. The quantitative estimate of drug-likeness (QED) is 0.539. The third kappa shape index (κ3) is 4.22. The SMILES string of the molecule is CC(C)CCN1C(=O)c2ccc(C(=O)OCC(=O)N3CCOCC3)cc2C1=O. The first-order chi connectivity index (χ1) is 13.4. The molecule has 0 bridgehead atoms. The molecule has 0 N–H and O–H groups in total. The van der Waals surface area contributed by atoms with Crippen LogP contribution in [0.15, 0.2) is 18.2 Å². The maximum absolute atomic E-state index is 12.5. The lowest BCUT2D eigenvalue weighted by Gasteiger charge is -2.26. The number of amides is 3. The van der Waals surface area contributed by atoms with E-state index < -0.39 is 11.9 Å². The van der Waals surface area contributed by atoms with Crippen molar-refractivity contribution in [2.24, 2.45) is 5.92 Å². The van der Waals surface area contributed by atoms with Gasteiger partial charge in [-0.2, -0.15) is 0 Å². The maximum atomic E-state index is 12.5. The Bertz CT molecular complexity index is 798. The predicted octanol–water partition coefficient (Wildman–Crippen LogP) is 1.34. The number of hydrogen-bond donors (Lipinski definition) is 0. The van der Waals surface area contributed by atoms with E-state index in [1.54, 1.807) is 4.90 Å². The van der Waals surface area contributed by atoms with Crippen molar-refractivity contribution >= 4 is 23.7 Å². The minimum absolute atomic E-state index is 0.139. The van der Waals surface area contributed by atoms with Gasteiger partial charge in [0, 0.05) is 19.6 Å². The van der Waals surface area contributed by atoms with Gasteiger partial charge in [0.25, 0.3) is 17.7 Å². The highest BCUT2D eigenvalue weighted by Gasteiger charge is 2.35. The fourth-order valence-electron chi connectivity index (χ4n) is 3.12. The van der Waals surface area contributed by atoms with Crippen LogP contribution in [0.3, 0.4) is 0 Å². The number of esters is 1. The van der Waals surface area contributed by atoms with Crippen LogP contribution >= 0.6 is 0 Å². The third-order valence-corrected chi connectivity index (χ3v) is 4.83. The van der Waals surface area contributed by atoms with Gasteiger partial charge in [0.2, 0.25) is 0 Å². The molecule has 1 saturated heterocycles. The molecule has 1 fully saturated rings. The standard InChI is InChI=1S/C20H24N2O6/c1-13(2)5-6-22-18(24)15-4-3-14(11-16(15)19(22)25)20(26)28-12-17(23)21-7-9-27-10-8-21/h3-4,11,13H,5-10,12H2,1-2H3. The molecule has 2 aliphatic heterocycles. The lowest BCUT2D eigenvalue weighted by Crippen LogP contribution is -2.42.